The van der Waals surface area contributed by atoms with Gasteiger partial charge in [-0.15, -0.1) is 11.6 Å². The number of allylic oxidation sites excluding steroid dienone is 2. The molecule has 14 heavy (non-hydrogen) atoms. The molecule has 0 saturated carbocycles. The minimum atomic E-state index is -3.04. The molecule has 0 saturated heterocycles. The van der Waals surface area contributed by atoms with Crippen molar-refractivity contribution in [1.82, 2.24) is 0 Å². The lowest BCUT2D eigenvalue weighted by Crippen LogP contribution is -2.20. The zero-order valence-electron chi connectivity index (χ0n) is 9.33. The fraction of sp³-hybridized carbons (Fsp3) is 0.778. The highest BCUT2D eigenvalue weighted by molar-refractivity contribution is 7.54. The number of alkyl halides is 1. The summed E-state index contributed by atoms with van der Waals surface area (Å²) in [4.78, 5) is -0.694. The molecule has 5 heteroatoms. The van der Waals surface area contributed by atoms with Crippen LogP contribution in [0.2, 0.25) is 0 Å². The Morgan fingerprint density at radius 3 is 2.14 bits per heavy atom. The summed E-state index contributed by atoms with van der Waals surface area (Å²) in [6.45, 7) is 5.66. The molecular weight excluding hydrogens is 223 g/mol. The van der Waals surface area contributed by atoms with E-state index in [1.807, 2.05) is 19.9 Å². The van der Waals surface area contributed by atoms with Gasteiger partial charge in [-0.05, 0) is 20.8 Å². The maximum atomic E-state index is 11.8. The topological polar surface area (TPSA) is 35.5 Å². The highest BCUT2D eigenvalue weighted by atomic mass is 35.5. The average Bonchev–Trinajstić information content (AvgIpc) is 2.01. The summed E-state index contributed by atoms with van der Waals surface area (Å²) < 4.78 is 21.4. The third kappa shape index (κ3) is 5.16. The van der Waals surface area contributed by atoms with Crippen LogP contribution < -0.4 is 0 Å². The van der Waals surface area contributed by atoms with Crippen molar-refractivity contribution in [2.24, 2.45) is 0 Å². The number of rotatable bonds is 5. The Morgan fingerprint density at radius 2 is 1.86 bits per heavy atom. The van der Waals surface area contributed by atoms with Crippen LogP contribution in [0.3, 0.4) is 0 Å². The second-order valence-corrected chi connectivity index (χ2v) is 6.77. The third-order valence-electron chi connectivity index (χ3n) is 1.65. The van der Waals surface area contributed by atoms with Crippen LogP contribution in [0.5, 0.6) is 0 Å². The Labute approximate surface area is 91.0 Å². The highest BCUT2D eigenvalue weighted by Crippen LogP contribution is 2.50. The van der Waals surface area contributed by atoms with Crippen molar-refractivity contribution in [2.75, 3.05) is 20.4 Å². The predicted molar refractivity (Wildman–Crippen MR) is 60.2 cm³/mol. The Kier molecular flexibility index (Phi) is 5.38. The smallest absolute Gasteiger partial charge is 0.312 e. The van der Waals surface area contributed by atoms with Crippen LogP contribution in [0.15, 0.2) is 11.6 Å². The van der Waals surface area contributed by atoms with Gasteiger partial charge >= 0.3 is 7.60 Å². The van der Waals surface area contributed by atoms with Crippen molar-refractivity contribution in [2.45, 2.75) is 25.6 Å². The summed E-state index contributed by atoms with van der Waals surface area (Å²) in [5.74, 6) is 0. The molecule has 1 unspecified atom stereocenters. The quantitative estimate of drug-likeness (QED) is 0.420. The summed E-state index contributed by atoms with van der Waals surface area (Å²) in [5, 5.41) is 0. The molecule has 0 radical (unpaired) electrons. The van der Waals surface area contributed by atoms with E-state index in [1.165, 1.54) is 14.2 Å². The highest BCUT2D eigenvalue weighted by Gasteiger charge is 2.32. The summed E-state index contributed by atoms with van der Waals surface area (Å²) in [7, 11) is -0.314. The molecule has 0 fully saturated rings. The van der Waals surface area contributed by atoms with Gasteiger partial charge in [0.15, 0.2) is 0 Å². The van der Waals surface area contributed by atoms with Gasteiger partial charge in [0.2, 0.25) is 0 Å². The van der Waals surface area contributed by atoms with Crippen molar-refractivity contribution < 1.29 is 13.6 Å². The molecule has 0 aromatic carbocycles. The first-order valence-corrected chi connectivity index (χ1v) is 6.41. The SMILES string of the molecule is COP(=O)(CC(C)(Cl)C=C(C)C)OC. The first-order chi connectivity index (χ1) is 6.24. The molecule has 3 nitrogen and oxygen atoms in total. The molecule has 0 aliphatic rings. The fourth-order valence-corrected chi connectivity index (χ4v) is 3.14. The molecule has 0 aliphatic heterocycles. The van der Waals surface area contributed by atoms with Crippen LogP contribution in [-0.2, 0) is 13.6 Å². The first-order valence-electron chi connectivity index (χ1n) is 4.30. The molecule has 0 N–H and O–H groups in total. The van der Waals surface area contributed by atoms with E-state index in [-0.39, 0.29) is 6.16 Å². The molecule has 0 bridgehead atoms. The number of hydrogen-bond donors (Lipinski definition) is 0. The van der Waals surface area contributed by atoms with Crippen LogP contribution in [0.4, 0.5) is 0 Å². The van der Waals surface area contributed by atoms with E-state index < -0.39 is 12.5 Å². The lowest BCUT2D eigenvalue weighted by molar-refractivity contribution is 0.274. The Balaban J connectivity index is 4.65. The molecular formula is C9H18ClO3P. The van der Waals surface area contributed by atoms with Crippen LogP contribution >= 0.6 is 19.2 Å². The number of hydrogen-bond acceptors (Lipinski definition) is 3. The lowest BCUT2D eigenvalue weighted by Gasteiger charge is -2.23. The molecule has 0 aliphatic carbocycles. The predicted octanol–water partition coefficient (Wildman–Crippen LogP) is 3.44. The van der Waals surface area contributed by atoms with E-state index in [0.29, 0.717) is 0 Å². The summed E-state index contributed by atoms with van der Waals surface area (Å²) in [6, 6.07) is 0. The largest absolute Gasteiger partial charge is 0.332 e. The van der Waals surface area contributed by atoms with Gasteiger partial charge in [-0.2, -0.15) is 0 Å². The molecule has 0 aromatic heterocycles. The van der Waals surface area contributed by atoms with Gasteiger partial charge in [-0.3, -0.25) is 4.57 Å². The van der Waals surface area contributed by atoms with Crippen molar-refractivity contribution in [3.8, 4) is 0 Å². The van der Waals surface area contributed by atoms with E-state index >= 15 is 0 Å². The van der Waals surface area contributed by atoms with Crippen molar-refractivity contribution in [3.63, 3.8) is 0 Å². The van der Waals surface area contributed by atoms with Crippen molar-refractivity contribution in [1.29, 1.82) is 0 Å². The molecule has 0 heterocycles. The van der Waals surface area contributed by atoms with Crippen LogP contribution in [-0.4, -0.2) is 25.3 Å². The van der Waals surface area contributed by atoms with Gasteiger partial charge in [0.25, 0.3) is 0 Å². The maximum absolute atomic E-state index is 11.8. The standard InChI is InChI=1S/C9H18ClO3P/c1-8(2)6-9(3,10)7-14(11,12-4)13-5/h6H,7H2,1-5H3. The van der Waals surface area contributed by atoms with E-state index in [0.717, 1.165) is 5.57 Å². The van der Waals surface area contributed by atoms with E-state index in [2.05, 4.69) is 0 Å². The monoisotopic (exact) mass is 240 g/mol. The zero-order chi connectivity index (χ0) is 11.4. The van der Waals surface area contributed by atoms with Crippen LogP contribution in [0.1, 0.15) is 20.8 Å². The van der Waals surface area contributed by atoms with Crippen molar-refractivity contribution in [3.05, 3.63) is 11.6 Å². The summed E-state index contributed by atoms with van der Waals surface area (Å²) in [6.07, 6.45) is 2.01. The molecule has 84 valence electrons. The summed E-state index contributed by atoms with van der Waals surface area (Å²) >= 11 is 6.16. The maximum Gasteiger partial charge on any atom is 0.332 e. The average molecular weight is 241 g/mol. The minimum Gasteiger partial charge on any atom is -0.312 e. The molecule has 0 aromatic rings. The Hall–Kier alpha value is 0.180. The van der Waals surface area contributed by atoms with Gasteiger partial charge < -0.3 is 9.05 Å². The van der Waals surface area contributed by atoms with Gasteiger partial charge in [0.05, 0.1) is 11.0 Å². The second-order valence-electron chi connectivity index (χ2n) is 3.63. The number of halogens is 1. The van der Waals surface area contributed by atoms with Gasteiger partial charge in [0.1, 0.15) is 0 Å². The minimum absolute atomic E-state index is 0.166. The fourth-order valence-electron chi connectivity index (χ4n) is 1.23. The normalized spacial score (nSPS) is 16.1. The molecule has 1 atom stereocenters. The molecule has 0 amide bonds. The Bertz CT molecular complexity index is 249. The first kappa shape index (κ1) is 14.2. The van der Waals surface area contributed by atoms with Gasteiger partial charge in [0, 0.05) is 14.2 Å². The molecule has 0 spiro atoms. The van der Waals surface area contributed by atoms with Gasteiger partial charge in [-0.25, -0.2) is 0 Å². The van der Waals surface area contributed by atoms with Gasteiger partial charge in [-0.1, -0.05) is 11.6 Å². The second kappa shape index (κ2) is 5.32. The zero-order valence-corrected chi connectivity index (χ0v) is 11.0. The van der Waals surface area contributed by atoms with Crippen LogP contribution in [0, 0.1) is 0 Å². The van der Waals surface area contributed by atoms with E-state index in [9.17, 15) is 4.57 Å². The lowest BCUT2D eigenvalue weighted by atomic mass is 10.1. The molecule has 0 rings (SSSR count). The van der Waals surface area contributed by atoms with Crippen molar-refractivity contribution >= 4 is 19.2 Å². The van der Waals surface area contributed by atoms with E-state index in [4.69, 9.17) is 20.6 Å². The Morgan fingerprint density at radius 1 is 1.43 bits per heavy atom. The third-order valence-corrected chi connectivity index (χ3v) is 4.23. The summed E-state index contributed by atoms with van der Waals surface area (Å²) in [5.41, 5.74) is 1.07. The van der Waals surface area contributed by atoms with E-state index in [1.54, 1.807) is 6.92 Å². The van der Waals surface area contributed by atoms with Crippen LogP contribution in [0.25, 0.3) is 0 Å².